The smallest absolute Gasteiger partial charge is 0.362 e. The summed E-state index contributed by atoms with van der Waals surface area (Å²) in [5.74, 6) is 1.23. The number of methoxy groups -OCH3 is 1. The molecule has 2 aromatic heterocycles. The fourth-order valence-electron chi connectivity index (χ4n) is 3.92. The van der Waals surface area contributed by atoms with Crippen molar-refractivity contribution in [1.82, 2.24) is 29.9 Å². The van der Waals surface area contributed by atoms with E-state index >= 15 is 0 Å². The van der Waals surface area contributed by atoms with Gasteiger partial charge in [-0.15, -0.1) is 5.10 Å². The third-order valence-electron chi connectivity index (χ3n) is 5.40. The van der Waals surface area contributed by atoms with E-state index < -0.39 is 18.0 Å². The molecule has 0 saturated carbocycles. The highest BCUT2D eigenvalue weighted by Gasteiger charge is 2.38. The van der Waals surface area contributed by atoms with Crippen molar-refractivity contribution in [3.05, 3.63) is 63.8 Å². The van der Waals surface area contributed by atoms with Gasteiger partial charge in [0.2, 0.25) is 0 Å². The number of hydrogen-bond acceptors (Lipinski definition) is 6. The summed E-state index contributed by atoms with van der Waals surface area (Å²) >= 11 is 6.16. The van der Waals surface area contributed by atoms with E-state index in [1.807, 2.05) is 11.8 Å². The molecule has 31 heavy (non-hydrogen) atoms. The first kappa shape index (κ1) is 21.7. The van der Waals surface area contributed by atoms with Gasteiger partial charge in [-0.2, -0.15) is 17.9 Å². The Morgan fingerprint density at radius 1 is 1.26 bits per heavy atom. The Bertz CT molecular complexity index is 1100. The van der Waals surface area contributed by atoms with Crippen molar-refractivity contribution in [2.75, 3.05) is 13.7 Å². The maximum absolute atomic E-state index is 13.3. The molecule has 0 spiro atoms. The van der Waals surface area contributed by atoms with Crippen LogP contribution >= 0.6 is 11.6 Å². The van der Waals surface area contributed by atoms with Gasteiger partial charge in [0.15, 0.2) is 5.82 Å². The number of ether oxygens (including phenoxy) is 1. The predicted octanol–water partition coefficient (Wildman–Crippen LogP) is 4.30. The van der Waals surface area contributed by atoms with Crippen LogP contribution in [0.25, 0.3) is 5.82 Å². The maximum Gasteiger partial charge on any atom is 0.417 e. The Labute approximate surface area is 181 Å². The summed E-state index contributed by atoms with van der Waals surface area (Å²) in [7, 11) is 1.45. The van der Waals surface area contributed by atoms with E-state index in [9.17, 15) is 13.2 Å². The van der Waals surface area contributed by atoms with Gasteiger partial charge >= 0.3 is 6.18 Å². The van der Waals surface area contributed by atoms with E-state index in [2.05, 4.69) is 20.3 Å². The van der Waals surface area contributed by atoms with Crippen LogP contribution in [0.2, 0.25) is 5.02 Å². The molecule has 0 radical (unpaired) electrons. The Morgan fingerprint density at radius 3 is 2.71 bits per heavy atom. The van der Waals surface area contributed by atoms with Gasteiger partial charge in [-0.1, -0.05) is 28.9 Å². The van der Waals surface area contributed by atoms with E-state index in [4.69, 9.17) is 16.3 Å². The lowest BCUT2D eigenvalue weighted by molar-refractivity contribution is -0.137. The monoisotopic (exact) mass is 452 g/mol. The molecule has 0 bridgehead atoms. The third-order valence-corrected chi connectivity index (χ3v) is 5.82. The minimum absolute atomic E-state index is 0.258. The number of benzene rings is 1. The van der Waals surface area contributed by atoms with Crippen LogP contribution in [0.4, 0.5) is 13.2 Å². The SMILES string of the molecule is COC(c1cccc(C(F)(F)F)c1Cl)N1CCc2c(nnn2-c2ccnc(C)n2)C1C. The number of rotatable bonds is 4. The minimum atomic E-state index is -4.55. The average molecular weight is 453 g/mol. The molecule has 3 heterocycles. The number of aromatic nitrogens is 5. The number of aryl methyl sites for hydroxylation is 1. The van der Waals surface area contributed by atoms with Crippen LogP contribution in [-0.4, -0.2) is 43.5 Å². The highest BCUT2D eigenvalue weighted by Crippen LogP contribution is 2.42. The van der Waals surface area contributed by atoms with Crippen LogP contribution < -0.4 is 0 Å². The van der Waals surface area contributed by atoms with Gasteiger partial charge in [0.1, 0.15) is 17.7 Å². The van der Waals surface area contributed by atoms with E-state index in [-0.39, 0.29) is 16.6 Å². The zero-order chi connectivity index (χ0) is 22.3. The number of hydrogen-bond donors (Lipinski definition) is 0. The molecule has 7 nitrogen and oxygen atoms in total. The molecule has 164 valence electrons. The minimum Gasteiger partial charge on any atom is -0.362 e. The predicted molar refractivity (Wildman–Crippen MR) is 107 cm³/mol. The summed E-state index contributed by atoms with van der Waals surface area (Å²) in [4.78, 5) is 10.4. The molecule has 2 unspecified atom stereocenters. The van der Waals surface area contributed by atoms with Gasteiger partial charge in [-0.3, -0.25) is 4.90 Å². The fourth-order valence-corrected chi connectivity index (χ4v) is 4.25. The second-order valence-electron chi connectivity index (χ2n) is 7.25. The fraction of sp³-hybridized carbons (Fsp3) is 0.400. The lowest BCUT2D eigenvalue weighted by Crippen LogP contribution is -2.38. The van der Waals surface area contributed by atoms with E-state index in [1.54, 1.807) is 29.9 Å². The first-order valence-corrected chi connectivity index (χ1v) is 9.98. The Morgan fingerprint density at radius 2 is 2.03 bits per heavy atom. The number of halogens is 4. The molecule has 1 aliphatic rings. The second-order valence-corrected chi connectivity index (χ2v) is 7.63. The molecule has 1 aromatic carbocycles. The normalized spacial score (nSPS) is 18.1. The summed E-state index contributed by atoms with van der Waals surface area (Å²) in [6, 6.07) is 5.33. The van der Waals surface area contributed by atoms with Gasteiger partial charge in [0.05, 0.1) is 22.3 Å². The zero-order valence-electron chi connectivity index (χ0n) is 17.1. The molecular weight excluding hydrogens is 433 g/mol. The molecule has 0 saturated heterocycles. The quantitative estimate of drug-likeness (QED) is 0.588. The first-order valence-electron chi connectivity index (χ1n) is 9.61. The molecule has 4 rings (SSSR count). The van der Waals surface area contributed by atoms with Crippen molar-refractivity contribution < 1.29 is 17.9 Å². The van der Waals surface area contributed by atoms with Gasteiger partial charge < -0.3 is 4.74 Å². The summed E-state index contributed by atoms with van der Waals surface area (Å²) < 4.78 is 47.3. The lowest BCUT2D eigenvalue weighted by Gasteiger charge is -2.38. The second kappa shape index (κ2) is 8.18. The molecule has 11 heteroatoms. The van der Waals surface area contributed by atoms with Crippen LogP contribution in [-0.2, 0) is 17.3 Å². The summed E-state index contributed by atoms with van der Waals surface area (Å²) in [6.07, 6.45) is -3.11. The first-order chi connectivity index (χ1) is 14.7. The van der Waals surface area contributed by atoms with Crippen molar-refractivity contribution in [1.29, 1.82) is 0 Å². The summed E-state index contributed by atoms with van der Waals surface area (Å²) in [6.45, 7) is 4.21. The van der Waals surface area contributed by atoms with Gasteiger partial charge in [0.25, 0.3) is 0 Å². The average Bonchev–Trinajstić information content (AvgIpc) is 3.15. The Balaban J connectivity index is 1.69. The zero-order valence-corrected chi connectivity index (χ0v) is 17.8. The lowest BCUT2D eigenvalue weighted by atomic mass is 10.0. The van der Waals surface area contributed by atoms with Crippen LogP contribution in [0.15, 0.2) is 30.5 Å². The van der Waals surface area contributed by atoms with E-state index in [0.717, 1.165) is 11.8 Å². The highest BCUT2D eigenvalue weighted by molar-refractivity contribution is 6.32. The van der Waals surface area contributed by atoms with Gasteiger partial charge in [-0.05, 0) is 19.9 Å². The van der Waals surface area contributed by atoms with Crippen molar-refractivity contribution >= 4 is 11.6 Å². The van der Waals surface area contributed by atoms with Gasteiger partial charge in [0, 0.05) is 37.9 Å². The molecule has 0 amide bonds. The standard InChI is InChI=1S/C20H20ClF3N6O/c1-11-18-15(30(28-27-18)16-7-9-25-12(2)26-16)8-10-29(11)19(31-3)13-5-4-6-14(17(13)21)20(22,23)24/h4-7,9,11,19H,8,10H2,1-3H3. The summed E-state index contributed by atoms with van der Waals surface area (Å²) in [5.41, 5.74) is 0.983. The van der Waals surface area contributed by atoms with Crippen molar-refractivity contribution in [2.45, 2.75) is 38.7 Å². The molecule has 3 aromatic rings. The van der Waals surface area contributed by atoms with Crippen molar-refractivity contribution in [3.8, 4) is 5.82 Å². The Hall–Kier alpha value is -2.56. The van der Waals surface area contributed by atoms with Crippen molar-refractivity contribution in [3.63, 3.8) is 0 Å². The molecule has 0 aliphatic carbocycles. The largest absolute Gasteiger partial charge is 0.417 e. The molecule has 0 N–H and O–H groups in total. The van der Waals surface area contributed by atoms with Crippen LogP contribution in [0, 0.1) is 6.92 Å². The van der Waals surface area contributed by atoms with Crippen molar-refractivity contribution in [2.24, 2.45) is 0 Å². The van der Waals surface area contributed by atoms with E-state index in [1.165, 1.54) is 13.2 Å². The maximum atomic E-state index is 13.3. The number of fused-ring (bicyclic) bond motifs is 1. The van der Waals surface area contributed by atoms with E-state index in [0.29, 0.717) is 30.3 Å². The van der Waals surface area contributed by atoms with Crippen LogP contribution in [0.3, 0.4) is 0 Å². The molecule has 1 aliphatic heterocycles. The highest BCUT2D eigenvalue weighted by atomic mass is 35.5. The number of alkyl halides is 3. The number of nitrogens with zero attached hydrogens (tertiary/aromatic N) is 6. The molecule has 0 fully saturated rings. The molecule has 2 atom stereocenters. The van der Waals surface area contributed by atoms with Crippen LogP contribution in [0.1, 0.15) is 47.5 Å². The van der Waals surface area contributed by atoms with Crippen LogP contribution in [0.5, 0.6) is 0 Å². The topological polar surface area (TPSA) is 69.0 Å². The molecular formula is C20H20ClF3N6O. The third kappa shape index (κ3) is 3.90. The van der Waals surface area contributed by atoms with Gasteiger partial charge in [-0.25, -0.2) is 9.97 Å². The Kier molecular flexibility index (Phi) is 5.71. The summed E-state index contributed by atoms with van der Waals surface area (Å²) in [5, 5.41) is 8.21.